The average molecular weight is 409 g/mol. The number of urea groups is 1. The number of piperidine rings is 1. The number of benzene rings is 1. The van der Waals surface area contributed by atoms with E-state index in [4.69, 9.17) is 4.74 Å². The topological polar surface area (TPSA) is 66.0 Å². The highest BCUT2D eigenvalue weighted by molar-refractivity contribution is 6.07. The van der Waals surface area contributed by atoms with Gasteiger partial charge < -0.3 is 9.64 Å². The van der Waals surface area contributed by atoms with Gasteiger partial charge in [0.1, 0.15) is 5.54 Å². The molecule has 30 heavy (non-hydrogen) atoms. The number of pyridine rings is 1. The number of ether oxygens (including phenoxy) is 1. The van der Waals surface area contributed by atoms with Crippen LogP contribution in [0.25, 0.3) is 0 Å². The number of hydrogen-bond donors (Lipinski definition) is 0. The number of nitrogens with zero attached hydrogens (tertiary/aromatic N) is 4. The van der Waals surface area contributed by atoms with Crippen LogP contribution < -0.4 is 0 Å². The molecule has 3 amide bonds. The Balaban J connectivity index is 1.51. The van der Waals surface area contributed by atoms with Crippen LogP contribution in [0, 0.1) is 0 Å². The third kappa shape index (κ3) is 3.95. The number of hydrogen-bond acceptors (Lipinski definition) is 5. The van der Waals surface area contributed by atoms with Gasteiger partial charge in [-0.25, -0.2) is 4.79 Å². The van der Waals surface area contributed by atoms with Crippen LogP contribution in [0.2, 0.25) is 0 Å². The Labute approximate surface area is 177 Å². The lowest BCUT2D eigenvalue weighted by atomic mass is 9.85. The van der Waals surface area contributed by atoms with E-state index in [-0.39, 0.29) is 18.5 Å². The Morgan fingerprint density at radius 2 is 1.73 bits per heavy atom. The second-order valence-corrected chi connectivity index (χ2v) is 7.97. The van der Waals surface area contributed by atoms with Gasteiger partial charge in [0.2, 0.25) is 0 Å². The molecule has 2 aliphatic heterocycles. The monoisotopic (exact) mass is 408 g/mol. The van der Waals surface area contributed by atoms with Crippen molar-refractivity contribution in [1.29, 1.82) is 0 Å². The number of rotatable bonds is 7. The van der Waals surface area contributed by atoms with Crippen LogP contribution in [0.15, 0.2) is 54.9 Å². The van der Waals surface area contributed by atoms with Crippen molar-refractivity contribution in [3.05, 3.63) is 66.0 Å². The van der Waals surface area contributed by atoms with Crippen molar-refractivity contribution in [2.24, 2.45) is 0 Å². The molecule has 2 aromatic rings. The third-order valence-electron chi connectivity index (χ3n) is 6.14. The molecule has 2 aliphatic rings. The fraction of sp³-hybridized carbons (Fsp3) is 0.435. The van der Waals surface area contributed by atoms with Crippen molar-refractivity contribution in [3.63, 3.8) is 0 Å². The summed E-state index contributed by atoms with van der Waals surface area (Å²) in [4.78, 5) is 36.3. The summed E-state index contributed by atoms with van der Waals surface area (Å²) in [7, 11) is 1.62. The molecule has 0 aliphatic carbocycles. The minimum absolute atomic E-state index is 0.0909. The zero-order valence-electron chi connectivity index (χ0n) is 17.4. The Bertz CT molecular complexity index is 867. The van der Waals surface area contributed by atoms with Gasteiger partial charge in [-0.3, -0.25) is 19.6 Å². The summed E-state index contributed by atoms with van der Waals surface area (Å²) in [5.74, 6) is -0.0909. The second kappa shape index (κ2) is 8.93. The van der Waals surface area contributed by atoms with Crippen LogP contribution in [0.3, 0.4) is 0 Å². The maximum absolute atomic E-state index is 13.5. The van der Waals surface area contributed by atoms with Crippen LogP contribution in [0.1, 0.15) is 24.0 Å². The minimum Gasteiger partial charge on any atom is -0.383 e. The van der Waals surface area contributed by atoms with E-state index in [9.17, 15) is 9.59 Å². The van der Waals surface area contributed by atoms with Crippen LogP contribution >= 0.6 is 0 Å². The summed E-state index contributed by atoms with van der Waals surface area (Å²) < 4.78 is 5.23. The molecule has 0 bridgehead atoms. The van der Waals surface area contributed by atoms with E-state index in [1.807, 2.05) is 30.3 Å². The van der Waals surface area contributed by atoms with Crippen LogP contribution in [0.4, 0.5) is 4.79 Å². The van der Waals surface area contributed by atoms with E-state index in [1.54, 1.807) is 24.4 Å². The quantitative estimate of drug-likeness (QED) is 0.659. The largest absolute Gasteiger partial charge is 0.383 e. The van der Waals surface area contributed by atoms with Gasteiger partial charge in [0.15, 0.2) is 0 Å². The molecule has 1 aromatic carbocycles. The lowest BCUT2D eigenvalue weighted by Gasteiger charge is -2.42. The first-order valence-electron chi connectivity index (χ1n) is 10.4. The third-order valence-corrected chi connectivity index (χ3v) is 6.14. The molecule has 4 rings (SSSR count). The molecule has 2 saturated heterocycles. The SMILES string of the molecule is COCCN1C(=O)N(Cc2cccnc2)C(=O)C12CCN(Cc1ccccc1)CC2. The van der Waals surface area contributed by atoms with E-state index in [1.165, 1.54) is 10.5 Å². The number of carbonyl (C=O) groups is 2. The second-order valence-electron chi connectivity index (χ2n) is 7.97. The molecule has 0 unspecified atom stereocenters. The van der Waals surface area contributed by atoms with Crippen molar-refractivity contribution in [3.8, 4) is 0 Å². The summed E-state index contributed by atoms with van der Waals surface area (Å²) >= 11 is 0. The van der Waals surface area contributed by atoms with Gasteiger partial charge in [-0.05, 0) is 30.0 Å². The van der Waals surface area contributed by atoms with Crippen molar-refractivity contribution >= 4 is 11.9 Å². The predicted octanol–water partition coefficient (Wildman–Crippen LogP) is 2.53. The Morgan fingerprint density at radius 1 is 1.00 bits per heavy atom. The Morgan fingerprint density at radius 3 is 2.40 bits per heavy atom. The fourth-order valence-corrected chi connectivity index (χ4v) is 4.49. The number of likely N-dealkylation sites (tertiary alicyclic amines) is 1. The standard InChI is InChI=1S/C23H28N4O3/c1-30-15-14-27-22(29)26(18-20-8-5-11-24-16-20)21(28)23(27)9-12-25(13-10-23)17-19-6-3-2-4-7-19/h2-8,11,16H,9-10,12-15,17-18H2,1H3. The van der Waals surface area contributed by atoms with Gasteiger partial charge in [-0.1, -0.05) is 36.4 Å². The number of amides is 3. The molecule has 0 atom stereocenters. The highest BCUT2D eigenvalue weighted by Gasteiger charge is 2.57. The maximum atomic E-state index is 13.5. The Kier molecular flexibility index (Phi) is 6.11. The van der Waals surface area contributed by atoms with Gasteiger partial charge >= 0.3 is 6.03 Å². The van der Waals surface area contributed by atoms with E-state index < -0.39 is 5.54 Å². The summed E-state index contributed by atoms with van der Waals surface area (Å²) in [6, 6.07) is 13.8. The molecule has 7 nitrogen and oxygen atoms in total. The molecule has 0 radical (unpaired) electrons. The summed E-state index contributed by atoms with van der Waals surface area (Å²) in [5.41, 5.74) is 1.34. The number of carbonyl (C=O) groups excluding carboxylic acids is 2. The highest BCUT2D eigenvalue weighted by Crippen LogP contribution is 2.38. The minimum atomic E-state index is -0.773. The van der Waals surface area contributed by atoms with Crippen molar-refractivity contribution < 1.29 is 14.3 Å². The molecule has 1 spiro atoms. The smallest absolute Gasteiger partial charge is 0.328 e. The lowest BCUT2D eigenvalue weighted by Crippen LogP contribution is -2.57. The fourth-order valence-electron chi connectivity index (χ4n) is 4.49. The first-order chi connectivity index (χ1) is 14.6. The molecule has 158 valence electrons. The first kappa shape index (κ1) is 20.5. The molecule has 0 saturated carbocycles. The summed E-state index contributed by atoms with van der Waals surface area (Å²) in [6.45, 7) is 3.50. The molecule has 1 aromatic heterocycles. The summed E-state index contributed by atoms with van der Waals surface area (Å²) in [5, 5.41) is 0. The van der Waals surface area contributed by atoms with Gasteiger partial charge in [0.25, 0.3) is 5.91 Å². The Hall–Kier alpha value is -2.77. The van der Waals surface area contributed by atoms with Crippen molar-refractivity contribution in [2.75, 3.05) is 33.4 Å². The van der Waals surface area contributed by atoms with E-state index in [0.717, 1.165) is 25.2 Å². The first-order valence-corrected chi connectivity index (χ1v) is 10.4. The molecule has 2 fully saturated rings. The zero-order chi connectivity index (χ0) is 21.0. The van der Waals surface area contributed by atoms with Crippen LogP contribution in [-0.2, 0) is 22.6 Å². The van der Waals surface area contributed by atoms with Gasteiger partial charge in [-0.2, -0.15) is 0 Å². The molecule has 7 heteroatoms. The van der Waals surface area contributed by atoms with Crippen molar-refractivity contribution in [2.45, 2.75) is 31.5 Å². The van der Waals surface area contributed by atoms with Crippen LogP contribution in [0.5, 0.6) is 0 Å². The number of methoxy groups -OCH3 is 1. The molecular weight excluding hydrogens is 380 g/mol. The van der Waals surface area contributed by atoms with Crippen molar-refractivity contribution in [1.82, 2.24) is 19.7 Å². The maximum Gasteiger partial charge on any atom is 0.328 e. The zero-order valence-corrected chi connectivity index (χ0v) is 17.4. The van der Waals surface area contributed by atoms with Gasteiger partial charge in [0, 0.05) is 45.7 Å². The summed E-state index contributed by atoms with van der Waals surface area (Å²) in [6.07, 6.45) is 4.66. The number of imide groups is 1. The van der Waals surface area contributed by atoms with E-state index >= 15 is 0 Å². The number of aromatic nitrogens is 1. The van der Waals surface area contributed by atoms with Gasteiger partial charge in [0.05, 0.1) is 13.2 Å². The highest BCUT2D eigenvalue weighted by atomic mass is 16.5. The molecule has 0 N–H and O–H groups in total. The molecule has 3 heterocycles. The van der Waals surface area contributed by atoms with E-state index in [2.05, 4.69) is 22.0 Å². The van der Waals surface area contributed by atoms with Crippen LogP contribution in [-0.4, -0.2) is 70.5 Å². The molecular formula is C23H28N4O3. The van der Waals surface area contributed by atoms with Gasteiger partial charge in [-0.15, -0.1) is 0 Å². The van der Waals surface area contributed by atoms with E-state index in [0.29, 0.717) is 26.0 Å². The average Bonchev–Trinajstić information content (AvgIpc) is 2.96. The predicted molar refractivity (Wildman–Crippen MR) is 112 cm³/mol. The normalized spacial score (nSPS) is 19.1. The lowest BCUT2D eigenvalue weighted by molar-refractivity contribution is -0.136.